The Morgan fingerprint density at radius 3 is 2.53 bits per heavy atom. The minimum atomic E-state index is -4.29. The van der Waals surface area contributed by atoms with Gasteiger partial charge in [-0.3, -0.25) is 0 Å². The monoisotopic (exact) mass is 276 g/mol. The molecule has 1 fully saturated rings. The van der Waals surface area contributed by atoms with Crippen LogP contribution in [0.1, 0.15) is 18.4 Å². The van der Waals surface area contributed by atoms with E-state index in [4.69, 9.17) is 0 Å². The summed E-state index contributed by atoms with van der Waals surface area (Å²) in [4.78, 5) is 1.27. The second-order valence-electron chi connectivity index (χ2n) is 4.74. The van der Waals surface area contributed by atoms with Crippen LogP contribution in [-0.2, 0) is 6.54 Å². The van der Waals surface area contributed by atoms with E-state index in [1.807, 2.05) is 0 Å². The first kappa shape index (κ1) is 14.1. The standard InChI is InChI=1S/C13H16F4N2/c1-18-7-10-11(14)3-2-4-12(10)19(9-5-6-9)8-13(15,16)17/h2-4,9,18H,5-8H2,1H3. The predicted octanol–water partition coefficient (Wildman–Crippen LogP) is 3.08. The van der Waals surface area contributed by atoms with E-state index < -0.39 is 18.5 Å². The second-order valence-corrected chi connectivity index (χ2v) is 4.74. The molecule has 0 aromatic heterocycles. The molecular formula is C13H16F4N2. The van der Waals surface area contributed by atoms with Gasteiger partial charge >= 0.3 is 6.18 Å². The highest BCUT2D eigenvalue weighted by Crippen LogP contribution is 2.36. The molecule has 1 aromatic carbocycles. The highest BCUT2D eigenvalue weighted by Gasteiger charge is 2.39. The number of nitrogens with one attached hydrogen (secondary N) is 1. The first-order valence-electron chi connectivity index (χ1n) is 6.18. The maximum absolute atomic E-state index is 13.8. The first-order chi connectivity index (χ1) is 8.92. The topological polar surface area (TPSA) is 15.3 Å². The maximum Gasteiger partial charge on any atom is 0.405 e. The third-order valence-corrected chi connectivity index (χ3v) is 3.09. The lowest BCUT2D eigenvalue weighted by Crippen LogP contribution is -2.37. The quantitative estimate of drug-likeness (QED) is 0.831. The molecule has 0 bridgehead atoms. The molecule has 1 aliphatic rings. The molecule has 0 unspecified atom stereocenters. The molecule has 1 aliphatic carbocycles. The molecule has 0 heterocycles. The number of halogens is 4. The summed E-state index contributed by atoms with van der Waals surface area (Å²) in [5.41, 5.74) is 0.635. The summed E-state index contributed by atoms with van der Waals surface area (Å²) in [6.45, 7) is -0.819. The Balaban J connectivity index is 2.33. The Morgan fingerprint density at radius 2 is 2.00 bits per heavy atom. The zero-order valence-electron chi connectivity index (χ0n) is 10.6. The molecule has 19 heavy (non-hydrogen) atoms. The fourth-order valence-corrected chi connectivity index (χ4v) is 2.16. The molecule has 0 spiro atoms. The van der Waals surface area contributed by atoms with Crippen molar-refractivity contribution in [2.75, 3.05) is 18.5 Å². The van der Waals surface area contributed by atoms with Crippen molar-refractivity contribution in [1.82, 2.24) is 5.32 Å². The van der Waals surface area contributed by atoms with Crippen molar-refractivity contribution < 1.29 is 17.6 Å². The van der Waals surface area contributed by atoms with Crippen molar-refractivity contribution in [2.45, 2.75) is 31.6 Å². The molecule has 2 nitrogen and oxygen atoms in total. The molecule has 2 rings (SSSR count). The lowest BCUT2D eigenvalue weighted by Gasteiger charge is -2.28. The third kappa shape index (κ3) is 3.59. The van der Waals surface area contributed by atoms with Crippen LogP contribution in [0.25, 0.3) is 0 Å². The summed E-state index contributed by atoms with van der Waals surface area (Å²) < 4.78 is 51.7. The molecule has 0 amide bonds. The van der Waals surface area contributed by atoms with Gasteiger partial charge in [0.15, 0.2) is 0 Å². The van der Waals surface area contributed by atoms with Gasteiger partial charge in [-0.05, 0) is 32.0 Å². The number of rotatable bonds is 5. The van der Waals surface area contributed by atoms with Crippen molar-refractivity contribution in [3.8, 4) is 0 Å². The lowest BCUT2D eigenvalue weighted by molar-refractivity contribution is -0.120. The van der Waals surface area contributed by atoms with Crippen molar-refractivity contribution in [2.24, 2.45) is 0 Å². The van der Waals surface area contributed by atoms with Crippen LogP contribution >= 0.6 is 0 Å². The largest absolute Gasteiger partial charge is 0.405 e. The SMILES string of the molecule is CNCc1c(F)cccc1N(CC(F)(F)F)C1CC1. The van der Waals surface area contributed by atoms with E-state index >= 15 is 0 Å². The molecule has 6 heteroatoms. The van der Waals surface area contributed by atoms with Gasteiger partial charge in [0, 0.05) is 23.8 Å². The zero-order valence-corrected chi connectivity index (χ0v) is 10.6. The van der Waals surface area contributed by atoms with Gasteiger partial charge in [-0.2, -0.15) is 13.2 Å². The average Bonchev–Trinajstić information content (AvgIpc) is 3.12. The summed E-state index contributed by atoms with van der Waals surface area (Å²) >= 11 is 0. The minimum absolute atomic E-state index is 0.126. The summed E-state index contributed by atoms with van der Waals surface area (Å²) in [5, 5.41) is 2.79. The van der Waals surface area contributed by atoms with E-state index in [2.05, 4.69) is 5.32 Å². The Morgan fingerprint density at radius 1 is 1.32 bits per heavy atom. The number of nitrogens with zero attached hydrogens (tertiary/aromatic N) is 1. The van der Waals surface area contributed by atoms with Crippen molar-refractivity contribution in [1.29, 1.82) is 0 Å². The van der Waals surface area contributed by atoms with E-state index in [0.29, 0.717) is 11.3 Å². The Kier molecular flexibility index (Phi) is 3.99. The molecule has 1 saturated carbocycles. The number of hydrogen-bond donors (Lipinski definition) is 1. The highest BCUT2D eigenvalue weighted by molar-refractivity contribution is 5.56. The van der Waals surface area contributed by atoms with Crippen molar-refractivity contribution in [3.63, 3.8) is 0 Å². The van der Waals surface area contributed by atoms with E-state index in [1.165, 1.54) is 17.0 Å². The van der Waals surface area contributed by atoms with Crippen LogP contribution in [0.2, 0.25) is 0 Å². The number of anilines is 1. The number of benzene rings is 1. The summed E-state index contributed by atoms with van der Waals surface area (Å²) in [6.07, 6.45) is -2.83. The van der Waals surface area contributed by atoms with Gasteiger partial charge in [0.05, 0.1) is 0 Å². The van der Waals surface area contributed by atoms with E-state index in [-0.39, 0.29) is 12.6 Å². The predicted molar refractivity (Wildman–Crippen MR) is 65.6 cm³/mol. The number of hydrogen-bond acceptors (Lipinski definition) is 2. The molecule has 0 saturated heterocycles. The normalized spacial score (nSPS) is 15.6. The summed E-state index contributed by atoms with van der Waals surface area (Å²) in [6, 6.07) is 4.16. The van der Waals surface area contributed by atoms with Gasteiger partial charge in [-0.15, -0.1) is 0 Å². The molecule has 0 radical (unpaired) electrons. The van der Waals surface area contributed by atoms with Gasteiger partial charge in [-0.25, -0.2) is 4.39 Å². The maximum atomic E-state index is 13.8. The summed E-state index contributed by atoms with van der Waals surface area (Å²) in [5.74, 6) is -0.473. The minimum Gasteiger partial charge on any atom is -0.359 e. The van der Waals surface area contributed by atoms with Gasteiger partial charge in [0.25, 0.3) is 0 Å². The first-order valence-corrected chi connectivity index (χ1v) is 6.18. The second kappa shape index (κ2) is 5.36. The highest BCUT2D eigenvalue weighted by atomic mass is 19.4. The van der Waals surface area contributed by atoms with Crippen LogP contribution in [0.15, 0.2) is 18.2 Å². The van der Waals surface area contributed by atoms with E-state index in [1.54, 1.807) is 13.1 Å². The zero-order chi connectivity index (χ0) is 14.0. The molecule has 0 aliphatic heterocycles. The Bertz CT molecular complexity index is 441. The van der Waals surface area contributed by atoms with Crippen LogP contribution in [0.4, 0.5) is 23.2 Å². The lowest BCUT2D eigenvalue weighted by atomic mass is 10.1. The van der Waals surface area contributed by atoms with Crippen LogP contribution in [-0.4, -0.2) is 25.8 Å². The van der Waals surface area contributed by atoms with Gasteiger partial charge in [0.1, 0.15) is 12.4 Å². The van der Waals surface area contributed by atoms with Crippen LogP contribution in [0.3, 0.4) is 0 Å². The Hall–Kier alpha value is -1.30. The van der Waals surface area contributed by atoms with E-state index in [9.17, 15) is 17.6 Å². The molecule has 1 aromatic rings. The molecule has 0 atom stereocenters. The van der Waals surface area contributed by atoms with Crippen molar-refractivity contribution in [3.05, 3.63) is 29.6 Å². The Labute approximate surface area is 109 Å². The fraction of sp³-hybridized carbons (Fsp3) is 0.538. The van der Waals surface area contributed by atoms with Gasteiger partial charge < -0.3 is 10.2 Å². The van der Waals surface area contributed by atoms with Crippen LogP contribution < -0.4 is 10.2 Å². The third-order valence-electron chi connectivity index (χ3n) is 3.09. The molecular weight excluding hydrogens is 260 g/mol. The van der Waals surface area contributed by atoms with Gasteiger partial charge in [0.2, 0.25) is 0 Å². The molecule has 106 valence electrons. The fourth-order valence-electron chi connectivity index (χ4n) is 2.16. The van der Waals surface area contributed by atoms with E-state index in [0.717, 1.165) is 12.8 Å². The van der Waals surface area contributed by atoms with Gasteiger partial charge in [-0.1, -0.05) is 6.07 Å². The summed E-state index contributed by atoms with van der Waals surface area (Å²) in [7, 11) is 1.64. The van der Waals surface area contributed by atoms with Crippen molar-refractivity contribution >= 4 is 5.69 Å². The van der Waals surface area contributed by atoms with Crippen LogP contribution in [0, 0.1) is 5.82 Å². The number of alkyl halides is 3. The van der Waals surface area contributed by atoms with Crippen LogP contribution in [0.5, 0.6) is 0 Å². The average molecular weight is 276 g/mol. The molecule has 1 N–H and O–H groups in total. The smallest absolute Gasteiger partial charge is 0.359 e.